The Morgan fingerprint density at radius 1 is 1.27 bits per heavy atom. The summed E-state index contributed by atoms with van der Waals surface area (Å²) in [4.78, 5) is 4.69. The Morgan fingerprint density at radius 3 is 2.42 bits per heavy atom. The van der Waals surface area contributed by atoms with Crippen LogP contribution in [0.25, 0.3) is 0 Å². The van der Waals surface area contributed by atoms with E-state index in [2.05, 4.69) is 22.7 Å². The molecule has 0 saturated carbocycles. The molecule has 9 heteroatoms. The van der Waals surface area contributed by atoms with Gasteiger partial charge in [0.05, 0.1) is 18.5 Å². The molecular formula is C17H32N6O2S. The molecule has 1 aromatic rings. The fourth-order valence-electron chi connectivity index (χ4n) is 3.23. The number of hydrogen-bond acceptors (Lipinski definition) is 4. The number of aryl methyl sites for hydroxylation is 2. The summed E-state index contributed by atoms with van der Waals surface area (Å²) in [5.41, 5.74) is 3.30. The van der Waals surface area contributed by atoms with E-state index in [4.69, 9.17) is 4.99 Å². The highest BCUT2D eigenvalue weighted by Crippen LogP contribution is 2.18. The van der Waals surface area contributed by atoms with E-state index >= 15 is 0 Å². The minimum atomic E-state index is -3.07. The first-order valence-electron chi connectivity index (χ1n) is 9.18. The van der Waals surface area contributed by atoms with E-state index in [1.165, 1.54) is 6.26 Å². The lowest BCUT2D eigenvalue weighted by Gasteiger charge is -2.30. The van der Waals surface area contributed by atoms with Crippen LogP contribution in [0.2, 0.25) is 0 Å². The van der Waals surface area contributed by atoms with Crippen LogP contribution in [0.4, 0.5) is 0 Å². The Morgan fingerprint density at radius 2 is 1.92 bits per heavy atom. The molecular weight excluding hydrogens is 352 g/mol. The van der Waals surface area contributed by atoms with Crippen molar-refractivity contribution in [2.24, 2.45) is 18.0 Å². The lowest BCUT2D eigenvalue weighted by molar-refractivity contribution is 0.275. The molecule has 1 aliphatic heterocycles. The maximum atomic E-state index is 11.6. The largest absolute Gasteiger partial charge is 0.357 e. The van der Waals surface area contributed by atoms with Gasteiger partial charge in [0.25, 0.3) is 0 Å². The fourth-order valence-corrected chi connectivity index (χ4v) is 4.11. The van der Waals surface area contributed by atoms with Crippen molar-refractivity contribution >= 4 is 16.0 Å². The molecule has 26 heavy (non-hydrogen) atoms. The minimum absolute atomic E-state index is 0.457. The van der Waals surface area contributed by atoms with Crippen LogP contribution >= 0.6 is 0 Å². The van der Waals surface area contributed by atoms with Gasteiger partial charge in [-0.05, 0) is 39.5 Å². The van der Waals surface area contributed by atoms with Gasteiger partial charge in [0.1, 0.15) is 0 Å². The van der Waals surface area contributed by atoms with E-state index in [0.29, 0.717) is 25.6 Å². The molecule has 8 nitrogen and oxygen atoms in total. The van der Waals surface area contributed by atoms with Gasteiger partial charge in [-0.3, -0.25) is 4.68 Å². The zero-order chi connectivity index (χ0) is 19.3. The van der Waals surface area contributed by atoms with Gasteiger partial charge in [-0.2, -0.15) is 5.10 Å². The lowest BCUT2D eigenvalue weighted by atomic mass is 9.98. The van der Waals surface area contributed by atoms with Crippen LogP contribution in [0.5, 0.6) is 0 Å². The van der Waals surface area contributed by atoms with Crippen molar-refractivity contribution in [1.82, 2.24) is 24.7 Å². The number of aromatic nitrogens is 2. The third-order valence-corrected chi connectivity index (χ3v) is 6.30. The van der Waals surface area contributed by atoms with Gasteiger partial charge in [-0.15, -0.1) is 0 Å². The summed E-state index contributed by atoms with van der Waals surface area (Å²) in [6.07, 6.45) is 3.03. The molecule has 0 atom stereocenters. The molecule has 2 N–H and O–H groups in total. The standard InChI is InChI=1S/C17H32N6O2S/c1-6-18-17(20-12-16-13(2)21-22(4)14(16)3)19-11-15-7-9-23(10-8-15)26(5,24)25/h15H,6-12H2,1-5H3,(H2,18,19,20). The van der Waals surface area contributed by atoms with Crippen LogP contribution in [0.3, 0.4) is 0 Å². The molecule has 0 aromatic carbocycles. The summed E-state index contributed by atoms with van der Waals surface area (Å²) in [7, 11) is -1.12. The lowest BCUT2D eigenvalue weighted by Crippen LogP contribution is -2.44. The Labute approximate surface area is 157 Å². The van der Waals surface area contributed by atoms with Crippen molar-refractivity contribution in [2.45, 2.75) is 40.2 Å². The third kappa shape index (κ3) is 5.44. The molecule has 148 valence electrons. The fraction of sp³-hybridized carbons (Fsp3) is 0.765. The van der Waals surface area contributed by atoms with E-state index in [1.54, 1.807) is 4.31 Å². The molecule has 0 amide bonds. The molecule has 2 rings (SSSR count). The molecule has 0 aliphatic carbocycles. The third-order valence-electron chi connectivity index (χ3n) is 5.00. The van der Waals surface area contributed by atoms with Crippen LogP contribution in [0.1, 0.15) is 36.7 Å². The highest BCUT2D eigenvalue weighted by Gasteiger charge is 2.24. The Balaban J connectivity index is 1.90. The first kappa shape index (κ1) is 20.7. The highest BCUT2D eigenvalue weighted by atomic mass is 32.2. The first-order valence-corrected chi connectivity index (χ1v) is 11.0. The first-order chi connectivity index (χ1) is 12.2. The van der Waals surface area contributed by atoms with Crippen LogP contribution in [-0.4, -0.2) is 60.9 Å². The van der Waals surface area contributed by atoms with E-state index in [1.807, 2.05) is 25.6 Å². The van der Waals surface area contributed by atoms with Crippen LogP contribution in [0.15, 0.2) is 4.99 Å². The van der Waals surface area contributed by atoms with E-state index in [0.717, 1.165) is 48.8 Å². The van der Waals surface area contributed by atoms with Crippen molar-refractivity contribution in [1.29, 1.82) is 0 Å². The summed E-state index contributed by atoms with van der Waals surface area (Å²) in [6.45, 7) is 9.50. The molecule has 0 unspecified atom stereocenters. The number of aliphatic imine (C=N–C) groups is 1. The molecule has 2 heterocycles. The highest BCUT2D eigenvalue weighted by molar-refractivity contribution is 7.88. The summed E-state index contributed by atoms with van der Waals surface area (Å²) in [5.74, 6) is 1.25. The van der Waals surface area contributed by atoms with Crippen molar-refractivity contribution < 1.29 is 8.42 Å². The van der Waals surface area contributed by atoms with Crippen LogP contribution < -0.4 is 10.6 Å². The normalized spacial score (nSPS) is 17.5. The van der Waals surface area contributed by atoms with Gasteiger partial charge in [-0.25, -0.2) is 17.7 Å². The number of rotatable bonds is 6. The molecule has 1 aromatic heterocycles. The summed E-state index contributed by atoms with van der Waals surface area (Å²) < 4.78 is 26.6. The van der Waals surface area contributed by atoms with Crippen molar-refractivity contribution in [3.05, 3.63) is 17.0 Å². The smallest absolute Gasteiger partial charge is 0.211 e. The maximum absolute atomic E-state index is 11.6. The second-order valence-corrected chi connectivity index (χ2v) is 8.94. The van der Waals surface area contributed by atoms with Gasteiger partial charge >= 0.3 is 0 Å². The van der Waals surface area contributed by atoms with Gasteiger partial charge in [0.2, 0.25) is 10.0 Å². The molecule has 1 aliphatic rings. The zero-order valence-corrected chi connectivity index (χ0v) is 17.4. The van der Waals surface area contributed by atoms with Crippen LogP contribution in [0, 0.1) is 19.8 Å². The zero-order valence-electron chi connectivity index (χ0n) is 16.5. The average Bonchev–Trinajstić information content (AvgIpc) is 2.82. The molecule has 0 radical (unpaired) electrons. The average molecular weight is 385 g/mol. The summed E-state index contributed by atoms with van der Waals surface area (Å²) in [5, 5.41) is 11.1. The number of guanidine groups is 1. The topological polar surface area (TPSA) is 91.6 Å². The quantitative estimate of drug-likeness (QED) is 0.558. The Bertz CT molecular complexity index is 733. The SMILES string of the molecule is CCNC(=NCc1c(C)nn(C)c1C)NCC1CCN(S(C)(=O)=O)CC1. The van der Waals surface area contributed by atoms with Gasteiger partial charge in [0, 0.05) is 44.5 Å². The minimum Gasteiger partial charge on any atom is -0.357 e. The predicted octanol–water partition coefficient (Wildman–Crippen LogP) is 0.764. The second kappa shape index (κ2) is 8.85. The summed E-state index contributed by atoms with van der Waals surface area (Å²) in [6, 6.07) is 0. The Kier molecular flexibility index (Phi) is 7.05. The number of hydrogen-bond donors (Lipinski definition) is 2. The van der Waals surface area contributed by atoms with E-state index < -0.39 is 10.0 Å². The van der Waals surface area contributed by atoms with E-state index in [9.17, 15) is 8.42 Å². The number of sulfonamides is 1. The molecule has 0 spiro atoms. The number of nitrogens with zero attached hydrogens (tertiary/aromatic N) is 4. The van der Waals surface area contributed by atoms with Crippen LogP contribution in [-0.2, 0) is 23.6 Å². The van der Waals surface area contributed by atoms with Gasteiger partial charge in [0.15, 0.2) is 5.96 Å². The number of piperidine rings is 1. The van der Waals surface area contributed by atoms with E-state index in [-0.39, 0.29) is 0 Å². The second-order valence-electron chi connectivity index (χ2n) is 6.95. The van der Waals surface area contributed by atoms with Gasteiger partial charge < -0.3 is 10.6 Å². The molecule has 1 fully saturated rings. The van der Waals surface area contributed by atoms with Crippen molar-refractivity contribution in [3.8, 4) is 0 Å². The predicted molar refractivity (Wildman–Crippen MR) is 105 cm³/mol. The monoisotopic (exact) mass is 384 g/mol. The maximum Gasteiger partial charge on any atom is 0.211 e. The van der Waals surface area contributed by atoms with Crippen molar-refractivity contribution in [3.63, 3.8) is 0 Å². The molecule has 0 bridgehead atoms. The summed E-state index contributed by atoms with van der Waals surface area (Å²) >= 11 is 0. The van der Waals surface area contributed by atoms with Gasteiger partial charge in [-0.1, -0.05) is 0 Å². The van der Waals surface area contributed by atoms with Crippen molar-refractivity contribution in [2.75, 3.05) is 32.4 Å². The Hall–Kier alpha value is -1.61. The number of nitrogens with one attached hydrogen (secondary N) is 2. The molecule has 1 saturated heterocycles.